The van der Waals surface area contributed by atoms with E-state index in [0.717, 1.165) is 11.0 Å². The van der Waals surface area contributed by atoms with E-state index in [9.17, 15) is 65.8 Å². The third-order valence-electron chi connectivity index (χ3n) is 17.4. The summed E-state index contributed by atoms with van der Waals surface area (Å²) in [4.78, 5) is 145. The van der Waals surface area contributed by atoms with Gasteiger partial charge in [0.05, 0.1) is 13.2 Å². The summed E-state index contributed by atoms with van der Waals surface area (Å²) in [5, 5.41) is 31.0. The molecule has 14 aromatic rings. The number of esters is 2. The minimum atomic E-state index is -1.22. The second kappa shape index (κ2) is 49.8. The first kappa shape index (κ1) is 102. The van der Waals surface area contributed by atoms with Crippen LogP contribution in [0.3, 0.4) is 0 Å². The molecule has 0 aliphatic carbocycles. The van der Waals surface area contributed by atoms with Crippen molar-refractivity contribution in [2.45, 2.75) is 72.4 Å². The average Bonchev–Trinajstić information content (AvgIpc) is 1.64. The number of carbonyl (C=O) groups is 9. The molecule has 0 saturated heterocycles. The third kappa shape index (κ3) is 32.7. The molecule has 3 amide bonds. The highest BCUT2D eigenvalue weighted by Gasteiger charge is 2.23. The summed E-state index contributed by atoms with van der Waals surface area (Å²) in [6.07, 6.45) is 4.55. The number of nitrogens with zero attached hydrogens (tertiary/aromatic N) is 11. The lowest BCUT2D eigenvalue weighted by Gasteiger charge is -2.21. The molecule has 9 aromatic carbocycles. The van der Waals surface area contributed by atoms with Crippen LogP contribution < -0.4 is 48.6 Å². The van der Waals surface area contributed by atoms with Crippen LogP contribution in [0, 0.1) is 23.3 Å². The summed E-state index contributed by atoms with van der Waals surface area (Å²) in [6, 6.07) is 56.7. The minimum Gasteiger partial charge on any atom is -0.477 e. The Morgan fingerprint density at radius 2 is 0.896 bits per heavy atom. The van der Waals surface area contributed by atoms with Gasteiger partial charge in [0.25, 0.3) is 11.8 Å². The molecule has 134 heavy (non-hydrogen) atoms. The topological polar surface area (TPSA) is 483 Å². The Hall–Kier alpha value is -15.8. The zero-order chi connectivity index (χ0) is 97.1. The van der Waals surface area contributed by atoms with E-state index < -0.39 is 58.8 Å². The average molecular weight is 1910 g/mol. The summed E-state index contributed by atoms with van der Waals surface area (Å²) >= 11 is 22.6. The summed E-state index contributed by atoms with van der Waals surface area (Å²) in [5.41, 5.74) is 23.0. The number of anilines is 8. The monoisotopic (exact) mass is 1910 g/mol. The molecule has 1 atom stereocenters. The number of para-hydroxylation sites is 1. The SMILES string of the molecule is CCOC(=O)c1cnc(Cl)nc1Cl.CCOC(=O)c1cnc(Cl)nc1Nc1cccc(C(=O)Cc2cccc(F)c2)c1.C[C@@H](CN)NC(=O)OC(C)(C)C.NC(=O)c1cnc(On2nnc3ccccc32)nc1Nc1cccc(C(=O)Cc2cccc(F)c2)c1.Nc1cccc(C(=O)Nc2cccc(F)c2)c1.O=C(Cc1cccc(F)c1)c1cccc(Nc2nc(Cl)ncc2C(=O)O)c1. The number of carboxylic acid groups (broad SMARTS) is 1. The Morgan fingerprint density at radius 1 is 0.478 bits per heavy atom. The van der Waals surface area contributed by atoms with Crippen LogP contribution in [0.4, 0.5) is 68.2 Å². The number of ketones is 3. The number of carbonyl (C=O) groups excluding carboxylic acids is 8. The number of alkyl carbamates (subject to hydrolysis) is 1. The predicted octanol–water partition coefficient (Wildman–Crippen LogP) is 17.7. The Morgan fingerprint density at radius 3 is 1.35 bits per heavy atom. The normalized spacial score (nSPS) is 10.7. The van der Waals surface area contributed by atoms with Crippen molar-refractivity contribution < 1.29 is 84.9 Å². The maximum absolute atomic E-state index is 13.5. The van der Waals surface area contributed by atoms with Crippen molar-refractivity contribution in [3.63, 3.8) is 0 Å². The van der Waals surface area contributed by atoms with Crippen molar-refractivity contribution in [2.24, 2.45) is 11.5 Å². The molecule has 0 radical (unpaired) electrons. The predicted molar refractivity (Wildman–Crippen MR) is 495 cm³/mol. The zero-order valence-corrected chi connectivity index (χ0v) is 74.9. The summed E-state index contributed by atoms with van der Waals surface area (Å²) < 4.78 is 67.7. The van der Waals surface area contributed by atoms with Gasteiger partial charge in [0, 0.05) is 107 Å². The second-order valence-corrected chi connectivity index (χ2v) is 30.3. The van der Waals surface area contributed by atoms with E-state index in [1.807, 2.05) is 33.8 Å². The van der Waals surface area contributed by atoms with Crippen molar-refractivity contribution in [3.8, 4) is 6.01 Å². The van der Waals surface area contributed by atoms with Crippen molar-refractivity contribution >= 4 is 156 Å². The van der Waals surface area contributed by atoms with E-state index in [-0.39, 0.29) is 128 Å². The number of primary amides is 1. The third-order valence-corrected chi connectivity index (χ3v) is 18.3. The van der Waals surface area contributed by atoms with Gasteiger partial charge in [-0.1, -0.05) is 114 Å². The number of fused-ring (bicyclic) bond motifs is 1. The molecule has 690 valence electrons. The number of halogens is 8. The van der Waals surface area contributed by atoms with Crippen LogP contribution in [0.25, 0.3) is 11.0 Å². The number of nitrogen functional groups attached to an aromatic ring is 1. The molecule has 33 nitrogen and oxygen atoms in total. The van der Waals surface area contributed by atoms with Gasteiger partial charge in [-0.25, -0.2) is 61.7 Å². The molecule has 0 aliphatic rings. The first-order valence-electron chi connectivity index (χ1n) is 40.0. The van der Waals surface area contributed by atoms with Crippen LogP contribution in [-0.2, 0) is 33.5 Å². The molecule has 0 saturated carbocycles. The number of aromatic nitrogens is 11. The summed E-state index contributed by atoms with van der Waals surface area (Å²) in [6.45, 7) is 11.6. The molecule has 41 heteroatoms. The first-order valence-corrected chi connectivity index (χ1v) is 41.5. The van der Waals surface area contributed by atoms with E-state index in [4.69, 9.17) is 82.7 Å². The van der Waals surface area contributed by atoms with Gasteiger partial charge in [0.1, 0.15) is 78.9 Å². The highest BCUT2D eigenvalue weighted by Crippen LogP contribution is 2.28. The van der Waals surface area contributed by atoms with E-state index >= 15 is 0 Å². The van der Waals surface area contributed by atoms with E-state index in [0.29, 0.717) is 85.0 Å². The fraction of sp³-hybridized carbons (Fsp3) is 0.151. The molecule has 14 rings (SSSR count). The Bertz CT molecular complexity index is 6570. The van der Waals surface area contributed by atoms with Crippen LogP contribution >= 0.6 is 46.4 Å². The smallest absolute Gasteiger partial charge is 0.407 e. The van der Waals surface area contributed by atoms with Crippen molar-refractivity contribution in [1.29, 1.82) is 0 Å². The molecule has 5 heterocycles. The molecule has 0 aliphatic heterocycles. The van der Waals surface area contributed by atoms with Gasteiger partial charge in [0.2, 0.25) is 15.9 Å². The van der Waals surface area contributed by atoms with Crippen molar-refractivity contribution in [2.75, 3.05) is 46.8 Å². The molecule has 0 fully saturated rings. The van der Waals surface area contributed by atoms with Crippen molar-refractivity contribution in [1.82, 2.24) is 60.3 Å². The van der Waals surface area contributed by atoms with Crippen LogP contribution in [0.2, 0.25) is 21.0 Å². The summed E-state index contributed by atoms with van der Waals surface area (Å²) in [7, 11) is 0. The maximum atomic E-state index is 13.5. The van der Waals surface area contributed by atoms with Gasteiger partial charge in [-0.2, -0.15) is 15.0 Å². The lowest BCUT2D eigenvalue weighted by Crippen LogP contribution is -2.41. The van der Waals surface area contributed by atoms with Gasteiger partial charge in [-0.3, -0.25) is 24.0 Å². The number of hydrogen-bond donors (Lipinski definition) is 9. The highest BCUT2D eigenvalue weighted by atomic mass is 35.5. The van der Waals surface area contributed by atoms with E-state index in [1.54, 1.807) is 172 Å². The number of Topliss-reactive ketones (excluding diaryl/α,β-unsaturated/α-hetero) is 3. The number of nitrogens with one attached hydrogen (secondary N) is 5. The number of amides is 3. The molecule has 0 bridgehead atoms. The van der Waals surface area contributed by atoms with Gasteiger partial charge in [0.15, 0.2) is 23.2 Å². The second-order valence-electron chi connectivity index (χ2n) is 28.9. The highest BCUT2D eigenvalue weighted by molar-refractivity contribution is 6.34. The lowest BCUT2D eigenvalue weighted by atomic mass is 10.0. The number of nitrogens with two attached hydrogens (primary N) is 3. The fourth-order valence-corrected chi connectivity index (χ4v) is 12.0. The Labute approximate surface area is 782 Å². The van der Waals surface area contributed by atoms with Gasteiger partial charge >= 0.3 is 30.0 Å². The zero-order valence-electron chi connectivity index (χ0n) is 71.8. The number of carboxylic acids is 1. The van der Waals surface area contributed by atoms with Crippen LogP contribution in [0.15, 0.2) is 243 Å². The van der Waals surface area contributed by atoms with Crippen LogP contribution in [0.5, 0.6) is 6.01 Å². The number of benzene rings is 9. The molecule has 5 aromatic heterocycles. The maximum Gasteiger partial charge on any atom is 0.407 e. The van der Waals surface area contributed by atoms with E-state index in [2.05, 4.69) is 76.8 Å². The summed E-state index contributed by atoms with van der Waals surface area (Å²) in [5.74, 6) is -5.36. The molecule has 0 spiro atoms. The van der Waals surface area contributed by atoms with Crippen LogP contribution in [-0.4, -0.2) is 145 Å². The van der Waals surface area contributed by atoms with Gasteiger partial charge in [-0.15, -0.1) is 5.10 Å². The molecule has 0 unspecified atom stereocenters. The Kier molecular flexibility index (Phi) is 37.9. The standard InChI is InChI=1S/C25H18FN7O3.C21H17ClFN3O3.C19H13ClFN3O3.C13H11FN2O.C8H18N2O2.C7H6Cl2N2O2/c26-17-7-3-5-15(11-17)12-22(34)16-6-4-8-18(13-16)29-24-19(23(27)35)14-28-25(30-24)36-33-21-10-2-1-9-20(21)31-32-33;1-2-29-20(28)17-12-24-21(22)26-19(17)25-16-8-4-6-14(11-16)18(27)10-13-5-3-7-15(23)9-13;20-19-22-10-15(18(26)27)17(24-19)23-14-6-2-4-12(9-14)16(25)8-11-3-1-5-13(21)7-11;14-10-4-2-6-12(8-10)16-13(17)9-3-1-5-11(15)7-9;1-6(5-9)10-7(11)12-8(2,3)4;1-2-13-6(12)4-3-10-7(9)11-5(4)8/h1-11,13-14H,12H2,(H2,27,35)(H,28,29,30);3-9,11-12H,2,10H2,1H3,(H,24,25,26);1-7,9-10H,8H2,(H,26,27)(H,22,23,24);1-8H,15H2,(H,16,17);6H,5,9H2,1-4H3,(H,10,11);3H,2H2,1H3/t;;;;6-;/m....0./s1. The van der Waals surface area contributed by atoms with Gasteiger partial charge in [-0.05, 0) is 220 Å². The quantitative estimate of drug-likeness (QED) is 0.00439. The number of rotatable bonds is 27. The Balaban J connectivity index is 0.000000188. The first-order chi connectivity index (χ1) is 64.0. The lowest BCUT2D eigenvalue weighted by molar-refractivity contribution is 0.0503. The molecular weight excluding hydrogens is 1820 g/mol. The fourth-order valence-electron chi connectivity index (χ4n) is 11.3. The number of ether oxygens (including phenoxy) is 3. The van der Waals surface area contributed by atoms with E-state index in [1.165, 1.54) is 73.2 Å². The van der Waals surface area contributed by atoms with Crippen LogP contribution in [0.1, 0.15) is 141 Å². The molecule has 12 N–H and O–H groups in total. The van der Waals surface area contributed by atoms with Gasteiger partial charge < -0.3 is 67.9 Å². The molecular formula is C93H83Cl4F4N19O14. The van der Waals surface area contributed by atoms with Crippen molar-refractivity contribution in [3.05, 3.63) is 349 Å². The number of aromatic carboxylic acids is 1. The number of hydrogen-bond acceptors (Lipinski definition) is 28. The minimum absolute atomic E-state index is 0.00144. The largest absolute Gasteiger partial charge is 0.477 e.